The van der Waals surface area contributed by atoms with Gasteiger partial charge in [0.15, 0.2) is 0 Å². The van der Waals surface area contributed by atoms with E-state index in [1.54, 1.807) is 47.5 Å². The minimum absolute atomic E-state index is 0.0394. The Morgan fingerprint density at radius 3 is 2.65 bits per heavy atom. The number of benzene rings is 2. The van der Waals surface area contributed by atoms with Gasteiger partial charge in [0.2, 0.25) is 0 Å². The van der Waals surface area contributed by atoms with E-state index in [-0.39, 0.29) is 17.9 Å². The average molecular weight is 454 g/mol. The number of carbonyl (C=O) groups excluding carboxylic acids is 2. The minimum atomic E-state index is -0.259. The Balaban J connectivity index is 1.16. The van der Waals surface area contributed by atoms with E-state index in [4.69, 9.17) is 4.74 Å². The van der Waals surface area contributed by atoms with Gasteiger partial charge in [0.25, 0.3) is 11.8 Å². The molecule has 5 rings (SSSR count). The van der Waals surface area contributed by atoms with Crippen molar-refractivity contribution in [1.82, 2.24) is 20.1 Å². The number of ether oxygens (including phenoxy) is 1. The summed E-state index contributed by atoms with van der Waals surface area (Å²) in [4.78, 5) is 28.8. The highest BCUT2D eigenvalue weighted by molar-refractivity contribution is 6.03. The summed E-state index contributed by atoms with van der Waals surface area (Å²) >= 11 is 0. The van der Waals surface area contributed by atoms with Crippen LogP contribution in [0.4, 0.5) is 5.69 Å². The maximum atomic E-state index is 12.6. The van der Waals surface area contributed by atoms with Crippen molar-refractivity contribution in [2.45, 2.75) is 18.9 Å². The smallest absolute Gasteiger partial charge is 0.257 e. The van der Waals surface area contributed by atoms with E-state index in [9.17, 15) is 9.59 Å². The number of nitrogens with zero attached hydrogens (tertiary/aromatic N) is 3. The number of carbonyl (C=O) groups is 2. The Morgan fingerprint density at radius 1 is 0.971 bits per heavy atom. The lowest BCUT2D eigenvalue weighted by Gasteiger charge is -2.26. The zero-order valence-corrected chi connectivity index (χ0v) is 18.3. The fourth-order valence-electron chi connectivity index (χ4n) is 3.83. The Morgan fingerprint density at radius 2 is 1.82 bits per heavy atom. The monoisotopic (exact) mass is 453 g/mol. The van der Waals surface area contributed by atoms with Crippen molar-refractivity contribution in [1.29, 1.82) is 0 Å². The van der Waals surface area contributed by atoms with Crippen molar-refractivity contribution in [2.75, 3.05) is 11.9 Å². The molecule has 0 saturated carbocycles. The maximum absolute atomic E-state index is 12.6. The first kappa shape index (κ1) is 21.4. The summed E-state index contributed by atoms with van der Waals surface area (Å²) in [5, 5.41) is 10.0. The molecule has 34 heavy (non-hydrogen) atoms. The zero-order chi connectivity index (χ0) is 23.3. The zero-order valence-electron chi connectivity index (χ0n) is 18.3. The average Bonchev–Trinajstić information content (AvgIpc) is 3.36. The van der Waals surface area contributed by atoms with E-state index >= 15 is 0 Å². The molecule has 8 heteroatoms. The first-order valence-electron chi connectivity index (χ1n) is 11.0. The summed E-state index contributed by atoms with van der Waals surface area (Å²) in [7, 11) is 0. The molecular formula is C26H23N5O3. The second-order valence-corrected chi connectivity index (χ2v) is 8.01. The lowest BCUT2D eigenvalue weighted by atomic mass is 10.0. The largest absolute Gasteiger partial charge is 0.488 e. The molecule has 2 aromatic carbocycles. The number of para-hydroxylation sites is 1. The summed E-state index contributed by atoms with van der Waals surface area (Å²) in [5.41, 5.74) is 3.56. The van der Waals surface area contributed by atoms with Crippen molar-refractivity contribution >= 4 is 17.5 Å². The summed E-state index contributed by atoms with van der Waals surface area (Å²) < 4.78 is 7.63. The molecule has 0 aliphatic carbocycles. The number of aromatic nitrogens is 3. The minimum Gasteiger partial charge on any atom is -0.488 e. The van der Waals surface area contributed by atoms with Crippen molar-refractivity contribution in [3.05, 3.63) is 102 Å². The molecule has 0 saturated heterocycles. The Kier molecular flexibility index (Phi) is 6.03. The van der Waals surface area contributed by atoms with Gasteiger partial charge in [-0.1, -0.05) is 18.2 Å². The van der Waals surface area contributed by atoms with Crippen molar-refractivity contribution in [2.24, 2.45) is 0 Å². The Bertz CT molecular complexity index is 1300. The van der Waals surface area contributed by atoms with Gasteiger partial charge in [0.1, 0.15) is 11.9 Å². The second-order valence-electron chi connectivity index (χ2n) is 8.01. The van der Waals surface area contributed by atoms with Gasteiger partial charge < -0.3 is 15.4 Å². The van der Waals surface area contributed by atoms with E-state index < -0.39 is 0 Å². The molecule has 0 spiro atoms. The molecule has 2 N–H and O–H groups in total. The summed E-state index contributed by atoms with van der Waals surface area (Å²) in [6, 6.07) is 18.5. The quantitative estimate of drug-likeness (QED) is 0.465. The van der Waals surface area contributed by atoms with Gasteiger partial charge in [-0.2, -0.15) is 5.10 Å². The fraction of sp³-hybridized carbons (Fsp3) is 0.154. The van der Waals surface area contributed by atoms with E-state index in [1.807, 2.05) is 30.3 Å². The lowest BCUT2D eigenvalue weighted by Crippen LogP contribution is -2.37. The van der Waals surface area contributed by atoms with Crippen LogP contribution in [-0.2, 0) is 6.42 Å². The normalized spacial score (nSPS) is 14.5. The van der Waals surface area contributed by atoms with Gasteiger partial charge in [-0.3, -0.25) is 14.6 Å². The van der Waals surface area contributed by atoms with Crippen molar-refractivity contribution in [3.8, 4) is 11.4 Å². The number of pyridine rings is 1. The van der Waals surface area contributed by atoms with Crippen molar-refractivity contribution in [3.63, 3.8) is 0 Å². The van der Waals surface area contributed by atoms with Crippen LogP contribution in [0.3, 0.4) is 0 Å². The predicted octanol–water partition coefficient (Wildman–Crippen LogP) is 3.64. The number of amides is 2. The second kappa shape index (κ2) is 9.58. The van der Waals surface area contributed by atoms with Crippen LogP contribution in [0, 0.1) is 0 Å². The first-order chi connectivity index (χ1) is 16.7. The SMILES string of the molecule is O=C(NC[C@H]1CCc2ccccc2O1)c1ccc(-n2cc(NC(=O)c3cccnc3)cn2)cc1. The van der Waals surface area contributed by atoms with Gasteiger partial charge in [-0.05, 0) is 60.9 Å². The number of rotatable bonds is 6. The third-order valence-corrected chi connectivity index (χ3v) is 5.65. The molecule has 0 unspecified atom stereocenters. The van der Waals surface area contributed by atoms with E-state index in [1.165, 1.54) is 11.8 Å². The highest BCUT2D eigenvalue weighted by atomic mass is 16.5. The van der Waals surface area contributed by atoms with Crippen LogP contribution in [0.1, 0.15) is 32.7 Å². The number of anilines is 1. The molecule has 1 aliphatic heterocycles. The summed E-state index contributed by atoms with van der Waals surface area (Å²) in [5.74, 6) is 0.483. The molecule has 0 radical (unpaired) electrons. The molecule has 170 valence electrons. The third-order valence-electron chi connectivity index (χ3n) is 5.65. The Labute approximate surface area is 196 Å². The standard InChI is InChI=1S/C26H23N5O3/c32-25(28-16-23-12-9-18-4-1-2-6-24(18)34-23)19-7-10-22(11-8-19)31-17-21(15-29-31)30-26(33)20-5-3-13-27-14-20/h1-8,10-11,13-15,17,23H,9,12,16H2,(H,28,32)(H,30,33)/t23-/m1/s1. The van der Waals surface area contributed by atoms with Crippen LogP contribution < -0.4 is 15.4 Å². The third kappa shape index (κ3) is 4.80. The predicted molar refractivity (Wildman–Crippen MR) is 127 cm³/mol. The summed E-state index contributed by atoms with van der Waals surface area (Å²) in [6.07, 6.45) is 8.17. The number of nitrogens with one attached hydrogen (secondary N) is 2. The van der Waals surface area contributed by atoms with Crippen LogP contribution >= 0.6 is 0 Å². The number of fused-ring (bicyclic) bond motifs is 1. The molecule has 2 amide bonds. The van der Waals surface area contributed by atoms with Crippen LogP contribution in [0.15, 0.2) is 85.5 Å². The molecule has 0 fully saturated rings. The van der Waals surface area contributed by atoms with Crippen LogP contribution in [0.5, 0.6) is 5.75 Å². The molecule has 8 nitrogen and oxygen atoms in total. The lowest BCUT2D eigenvalue weighted by molar-refractivity contribution is 0.0918. The van der Waals surface area contributed by atoms with Crippen LogP contribution in [0.25, 0.3) is 5.69 Å². The van der Waals surface area contributed by atoms with E-state index in [0.29, 0.717) is 23.4 Å². The molecule has 3 heterocycles. The van der Waals surface area contributed by atoms with Crippen LogP contribution in [-0.4, -0.2) is 39.2 Å². The summed E-state index contributed by atoms with van der Waals surface area (Å²) in [6.45, 7) is 0.452. The van der Waals surface area contributed by atoms with Crippen LogP contribution in [0.2, 0.25) is 0 Å². The molecule has 1 atom stereocenters. The van der Waals surface area contributed by atoms with Gasteiger partial charge in [0, 0.05) is 18.0 Å². The number of hydrogen-bond donors (Lipinski definition) is 2. The highest BCUT2D eigenvalue weighted by Crippen LogP contribution is 2.26. The molecule has 0 bridgehead atoms. The molecule has 1 aliphatic rings. The van der Waals surface area contributed by atoms with E-state index in [2.05, 4.69) is 26.8 Å². The highest BCUT2D eigenvalue weighted by Gasteiger charge is 2.20. The number of aryl methyl sites for hydroxylation is 1. The molecule has 2 aromatic heterocycles. The van der Waals surface area contributed by atoms with Gasteiger partial charge >= 0.3 is 0 Å². The van der Waals surface area contributed by atoms with E-state index in [0.717, 1.165) is 24.3 Å². The van der Waals surface area contributed by atoms with Gasteiger partial charge in [-0.25, -0.2) is 4.68 Å². The number of hydrogen-bond acceptors (Lipinski definition) is 5. The van der Waals surface area contributed by atoms with Gasteiger partial charge in [-0.15, -0.1) is 0 Å². The van der Waals surface area contributed by atoms with Gasteiger partial charge in [0.05, 0.1) is 35.9 Å². The molecular weight excluding hydrogens is 430 g/mol. The topological polar surface area (TPSA) is 98.1 Å². The Hall–Kier alpha value is -4.46. The molecule has 4 aromatic rings. The fourth-order valence-corrected chi connectivity index (χ4v) is 3.83. The van der Waals surface area contributed by atoms with Crippen molar-refractivity contribution < 1.29 is 14.3 Å². The maximum Gasteiger partial charge on any atom is 0.257 e. The first-order valence-corrected chi connectivity index (χ1v) is 11.0.